The van der Waals surface area contributed by atoms with Gasteiger partial charge in [0.25, 0.3) is 0 Å². The van der Waals surface area contributed by atoms with Crippen LogP contribution in [-0.2, 0) is 6.54 Å². The number of phenols is 1. The first-order valence-corrected chi connectivity index (χ1v) is 5.47. The van der Waals surface area contributed by atoms with E-state index in [4.69, 9.17) is 23.2 Å². The first-order valence-electron chi connectivity index (χ1n) is 4.71. The van der Waals surface area contributed by atoms with Gasteiger partial charge in [-0.2, -0.15) is 0 Å². The molecule has 1 aromatic carbocycles. The van der Waals surface area contributed by atoms with E-state index >= 15 is 0 Å². The zero-order valence-corrected chi connectivity index (χ0v) is 10.6. The van der Waals surface area contributed by atoms with E-state index in [1.165, 1.54) is 6.07 Å². The molecule has 0 unspecified atom stereocenters. The third-order valence-corrected chi connectivity index (χ3v) is 2.42. The molecule has 0 fully saturated rings. The largest absolute Gasteiger partial charge is 0.506 e. The molecule has 15 heavy (non-hydrogen) atoms. The Morgan fingerprint density at radius 3 is 2.40 bits per heavy atom. The van der Waals surface area contributed by atoms with Gasteiger partial charge in [0, 0.05) is 22.7 Å². The van der Waals surface area contributed by atoms with Crippen molar-refractivity contribution in [3.63, 3.8) is 0 Å². The van der Waals surface area contributed by atoms with Gasteiger partial charge in [-0.05, 0) is 32.9 Å². The summed E-state index contributed by atoms with van der Waals surface area (Å²) in [6.07, 6.45) is 0. The van der Waals surface area contributed by atoms with Gasteiger partial charge in [0.15, 0.2) is 0 Å². The molecule has 0 bridgehead atoms. The van der Waals surface area contributed by atoms with Crippen molar-refractivity contribution in [2.45, 2.75) is 32.9 Å². The summed E-state index contributed by atoms with van der Waals surface area (Å²) in [5.41, 5.74) is 0.698. The summed E-state index contributed by atoms with van der Waals surface area (Å²) in [7, 11) is 0. The molecule has 0 aliphatic heterocycles. The molecule has 0 amide bonds. The lowest BCUT2D eigenvalue weighted by molar-refractivity contribution is 0.412. The van der Waals surface area contributed by atoms with Crippen LogP contribution in [0.25, 0.3) is 0 Å². The van der Waals surface area contributed by atoms with Gasteiger partial charge in [-0.25, -0.2) is 0 Å². The quantitative estimate of drug-likeness (QED) is 0.838. The summed E-state index contributed by atoms with van der Waals surface area (Å²) in [5, 5.41) is 13.8. The highest BCUT2D eigenvalue weighted by Gasteiger charge is 2.12. The van der Waals surface area contributed by atoms with Crippen molar-refractivity contribution >= 4 is 23.2 Å². The van der Waals surface area contributed by atoms with E-state index in [1.807, 2.05) is 0 Å². The summed E-state index contributed by atoms with van der Waals surface area (Å²) in [5.74, 6) is 0.0952. The van der Waals surface area contributed by atoms with Crippen LogP contribution in [0.3, 0.4) is 0 Å². The standard InChI is InChI=1S/C11H15Cl2NO/c1-11(2,3)14-6-7-4-8(12)5-9(13)10(7)15/h4-5,14-15H,6H2,1-3H3. The lowest BCUT2D eigenvalue weighted by atomic mass is 10.1. The summed E-state index contributed by atoms with van der Waals surface area (Å²) < 4.78 is 0. The van der Waals surface area contributed by atoms with Crippen molar-refractivity contribution in [1.82, 2.24) is 5.32 Å². The van der Waals surface area contributed by atoms with E-state index in [1.54, 1.807) is 6.07 Å². The zero-order valence-electron chi connectivity index (χ0n) is 9.06. The molecule has 84 valence electrons. The van der Waals surface area contributed by atoms with Crippen molar-refractivity contribution < 1.29 is 5.11 Å². The van der Waals surface area contributed by atoms with Crippen molar-refractivity contribution in [3.05, 3.63) is 27.7 Å². The second kappa shape index (κ2) is 4.60. The number of aromatic hydroxyl groups is 1. The summed E-state index contributed by atoms with van der Waals surface area (Å²) in [6, 6.07) is 3.24. The predicted molar refractivity (Wildman–Crippen MR) is 64.7 cm³/mol. The number of rotatable bonds is 2. The van der Waals surface area contributed by atoms with Crippen molar-refractivity contribution in [2.24, 2.45) is 0 Å². The molecule has 1 rings (SSSR count). The third-order valence-electron chi connectivity index (χ3n) is 1.92. The molecule has 0 spiro atoms. The number of phenolic OH excluding ortho intramolecular Hbond substituents is 1. The van der Waals surface area contributed by atoms with E-state index in [2.05, 4.69) is 26.1 Å². The van der Waals surface area contributed by atoms with Gasteiger partial charge in [-0.3, -0.25) is 0 Å². The smallest absolute Gasteiger partial charge is 0.138 e. The van der Waals surface area contributed by atoms with Gasteiger partial charge in [-0.15, -0.1) is 0 Å². The molecule has 2 nitrogen and oxygen atoms in total. The summed E-state index contributed by atoms with van der Waals surface area (Å²) in [6.45, 7) is 6.69. The Balaban J connectivity index is 2.86. The Morgan fingerprint density at radius 1 is 1.27 bits per heavy atom. The maximum atomic E-state index is 9.69. The second-order valence-corrected chi connectivity index (χ2v) is 5.34. The van der Waals surface area contributed by atoms with Gasteiger partial charge in [0.1, 0.15) is 5.75 Å². The highest BCUT2D eigenvalue weighted by Crippen LogP contribution is 2.31. The minimum Gasteiger partial charge on any atom is -0.506 e. The predicted octanol–water partition coefficient (Wildman–Crippen LogP) is 3.59. The first-order chi connectivity index (χ1) is 6.79. The van der Waals surface area contributed by atoms with Gasteiger partial charge < -0.3 is 10.4 Å². The lowest BCUT2D eigenvalue weighted by Crippen LogP contribution is -2.35. The maximum Gasteiger partial charge on any atom is 0.138 e. The normalized spacial score (nSPS) is 11.8. The van der Waals surface area contributed by atoms with Crippen LogP contribution in [0, 0.1) is 0 Å². The highest BCUT2D eigenvalue weighted by molar-refractivity contribution is 6.35. The highest BCUT2D eigenvalue weighted by atomic mass is 35.5. The third kappa shape index (κ3) is 3.90. The van der Waals surface area contributed by atoms with Crippen LogP contribution in [0.15, 0.2) is 12.1 Å². The van der Waals surface area contributed by atoms with E-state index in [0.717, 1.165) is 0 Å². The minimum atomic E-state index is -0.0127. The second-order valence-electron chi connectivity index (χ2n) is 4.50. The molecule has 1 aromatic rings. The molecule has 0 radical (unpaired) electrons. The Bertz CT molecular complexity index is 358. The monoisotopic (exact) mass is 247 g/mol. The molecule has 0 atom stereocenters. The molecule has 0 saturated heterocycles. The fourth-order valence-electron chi connectivity index (χ4n) is 1.11. The van der Waals surface area contributed by atoms with Crippen LogP contribution in [0.2, 0.25) is 10.0 Å². The minimum absolute atomic E-state index is 0.0127. The number of nitrogens with one attached hydrogen (secondary N) is 1. The summed E-state index contributed by atoms with van der Waals surface area (Å²) in [4.78, 5) is 0. The number of benzene rings is 1. The Kier molecular flexibility index (Phi) is 3.87. The maximum absolute atomic E-state index is 9.69. The molecular weight excluding hydrogens is 233 g/mol. The molecule has 0 heterocycles. The fraction of sp³-hybridized carbons (Fsp3) is 0.455. The molecule has 4 heteroatoms. The topological polar surface area (TPSA) is 32.3 Å². The first kappa shape index (κ1) is 12.6. The molecular formula is C11H15Cl2NO. The van der Waals surface area contributed by atoms with Crippen molar-refractivity contribution in [3.8, 4) is 5.75 Å². The van der Waals surface area contributed by atoms with E-state index < -0.39 is 0 Å². The van der Waals surface area contributed by atoms with Crippen LogP contribution in [0.1, 0.15) is 26.3 Å². The average Bonchev–Trinajstić information content (AvgIpc) is 2.07. The number of hydrogen-bond acceptors (Lipinski definition) is 2. The molecule has 0 aliphatic rings. The van der Waals surface area contributed by atoms with Crippen molar-refractivity contribution in [1.29, 1.82) is 0 Å². The number of hydrogen-bond donors (Lipinski definition) is 2. The fourth-order valence-corrected chi connectivity index (χ4v) is 1.65. The number of halogens is 2. The van der Waals surface area contributed by atoms with E-state index in [-0.39, 0.29) is 16.3 Å². The van der Waals surface area contributed by atoms with Gasteiger partial charge in [0.2, 0.25) is 0 Å². The molecule has 0 saturated carbocycles. The van der Waals surface area contributed by atoms with Gasteiger partial charge in [-0.1, -0.05) is 23.2 Å². The van der Waals surface area contributed by atoms with Crippen molar-refractivity contribution in [2.75, 3.05) is 0 Å². The Labute approximate surface area is 100 Å². The molecule has 0 aromatic heterocycles. The molecule has 0 aliphatic carbocycles. The zero-order chi connectivity index (χ0) is 11.6. The average molecular weight is 248 g/mol. The lowest BCUT2D eigenvalue weighted by Gasteiger charge is -2.21. The van der Waals surface area contributed by atoms with Gasteiger partial charge in [0.05, 0.1) is 5.02 Å². The van der Waals surface area contributed by atoms with Gasteiger partial charge >= 0.3 is 0 Å². The SMILES string of the molecule is CC(C)(C)NCc1cc(Cl)cc(Cl)c1O. The van der Waals surface area contributed by atoms with E-state index in [0.29, 0.717) is 17.1 Å². The van der Waals surface area contributed by atoms with E-state index in [9.17, 15) is 5.11 Å². The van der Waals surface area contributed by atoms with Crippen LogP contribution in [0.5, 0.6) is 5.75 Å². The Morgan fingerprint density at radius 2 is 1.87 bits per heavy atom. The molecule has 2 N–H and O–H groups in total. The Hall–Kier alpha value is -0.440. The van der Waals surface area contributed by atoms with Crippen LogP contribution in [-0.4, -0.2) is 10.6 Å². The summed E-state index contributed by atoms with van der Waals surface area (Å²) >= 11 is 11.7. The van der Waals surface area contributed by atoms with Crippen LogP contribution >= 0.6 is 23.2 Å². The van der Waals surface area contributed by atoms with Crippen LogP contribution in [0.4, 0.5) is 0 Å². The van der Waals surface area contributed by atoms with Crippen LogP contribution < -0.4 is 5.32 Å².